The topological polar surface area (TPSA) is 46.9 Å². The number of imidazole rings is 1. The van der Waals surface area contributed by atoms with Crippen molar-refractivity contribution in [2.24, 2.45) is 0 Å². The van der Waals surface area contributed by atoms with Crippen molar-refractivity contribution < 1.29 is 9.18 Å². The summed E-state index contributed by atoms with van der Waals surface area (Å²) in [5.74, 6) is 0.644. The first kappa shape index (κ1) is 18.7. The van der Waals surface area contributed by atoms with Gasteiger partial charge in [0.2, 0.25) is 5.91 Å². The molecule has 1 aliphatic rings. The molecular weight excluding hydrogens is 353 g/mol. The van der Waals surface area contributed by atoms with E-state index in [2.05, 4.69) is 35.9 Å². The number of aryl methyl sites for hydroxylation is 2. The summed E-state index contributed by atoms with van der Waals surface area (Å²) < 4.78 is 15.4. The minimum atomic E-state index is -0.303. The van der Waals surface area contributed by atoms with E-state index in [1.54, 1.807) is 12.1 Å². The number of carbonyl (C=O) groups is 1. The predicted molar refractivity (Wildman–Crippen MR) is 109 cm³/mol. The normalized spacial score (nSPS) is 15.0. The first-order valence-corrected chi connectivity index (χ1v) is 9.99. The number of nitrogens with one attached hydrogen (secondary N) is 1. The molecule has 5 heteroatoms. The number of rotatable bonds is 6. The Morgan fingerprint density at radius 3 is 2.54 bits per heavy atom. The molecule has 1 aliphatic carbocycles. The number of halogens is 1. The molecule has 1 fully saturated rings. The lowest BCUT2D eigenvalue weighted by atomic mass is 10.1. The van der Waals surface area contributed by atoms with E-state index in [0.717, 1.165) is 35.3 Å². The van der Waals surface area contributed by atoms with Gasteiger partial charge in [0.15, 0.2) is 0 Å². The fraction of sp³-hybridized carbons (Fsp3) is 0.391. The van der Waals surface area contributed by atoms with Crippen molar-refractivity contribution in [3.63, 3.8) is 0 Å². The average molecular weight is 379 g/mol. The molecule has 1 heterocycles. The average Bonchev–Trinajstić information content (AvgIpc) is 3.42. The fourth-order valence-electron chi connectivity index (χ4n) is 3.67. The van der Waals surface area contributed by atoms with Crippen LogP contribution in [0.5, 0.6) is 0 Å². The number of aromatic nitrogens is 2. The molecule has 1 N–H and O–H groups in total. The first-order chi connectivity index (χ1) is 13.5. The van der Waals surface area contributed by atoms with E-state index in [1.165, 1.54) is 23.3 Å². The molecule has 4 rings (SSSR count). The smallest absolute Gasteiger partial charge is 0.243 e. The van der Waals surface area contributed by atoms with Gasteiger partial charge in [0.25, 0.3) is 0 Å². The van der Waals surface area contributed by atoms with Crippen molar-refractivity contribution in [1.82, 2.24) is 14.9 Å². The maximum atomic E-state index is 13.3. The van der Waals surface area contributed by atoms with E-state index in [1.807, 2.05) is 6.92 Å². The van der Waals surface area contributed by atoms with Crippen LogP contribution in [0, 0.1) is 19.7 Å². The quantitative estimate of drug-likeness (QED) is 0.680. The highest BCUT2D eigenvalue weighted by Gasteiger charge is 2.29. The Hall–Kier alpha value is -2.69. The molecule has 3 aromatic rings. The number of fused-ring (bicyclic) bond motifs is 1. The van der Waals surface area contributed by atoms with Gasteiger partial charge in [-0.3, -0.25) is 4.79 Å². The van der Waals surface area contributed by atoms with Crippen molar-refractivity contribution in [1.29, 1.82) is 0 Å². The van der Waals surface area contributed by atoms with Crippen LogP contribution in [0.4, 0.5) is 4.39 Å². The zero-order valence-electron chi connectivity index (χ0n) is 16.6. The summed E-state index contributed by atoms with van der Waals surface area (Å²) in [4.78, 5) is 17.8. The molecule has 1 unspecified atom stereocenters. The highest BCUT2D eigenvalue weighted by atomic mass is 19.1. The van der Waals surface area contributed by atoms with Crippen LogP contribution in [0.2, 0.25) is 0 Å². The molecule has 28 heavy (non-hydrogen) atoms. The molecule has 0 radical (unpaired) electrons. The van der Waals surface area contributed by atoms with Gasteiger partial charge in [-0.2, -0.15) is 0 Å². The second kappa shape index (κ2) is 7.38. The number of carbonyl (C=O) groups excluding carboxylic acids is 1. The number of hydrogen-bond donors (Lipinski definition) is 1. The molecule has 0 aliphatic heterocycles. The van der Waals surface area contributed by atoms with E-state index < -0.39 is 0 Å². The minimum absolute atomic E-state index is 0.0582. The van der Waals surface area contributed by atoms with Crippen LogP contribution < -0.4 is 5.32 Å². The standard InChI is InChI=1S/C23H26FN3O/c1-4-20(23(28)25-18-9-10-18)27-21-12-15(3)14(2)11-19(21)26-22(27)13-16-5-7-17(24)8-6-16/h5-8,11-12,18,20H,4,9-10,13H2,1-3H3,(H,25,28). The molecule has 4 nitrogen and oxygen atoms in total. The summed E-state index contributed by atoms with van der Waals surface area (Å²) in [6.45, 7) is 6.19. The lowest BCUT2D eigenvalue weighted by Crippen LogP contribution is -2.34. The van der Waals surface area contributed by atoms with Gasteiger partial charge in [0.05, 0.1) is 11.0 Å². The van der Waals surface area contributed by atoms with Crippen molar-refractivity contribution in [2.45, 2.75) is 58.5 Å². The molecular formula is C23H26FN3O. The van der Waals surface area contributed by atoms with Gasteiger partial charge in [-0.1, -0.05) is 19.1 Å². The predicted octanol–water partition coefficient (Wildman–Crippen LogP) is 4.61. The molecule has 1 amide bonds. The first-order valence-electron chi connectivity index (χ1n) is 9.99. The van der Waals surface area contributed by atoms with Gasteiger partial charge in [0, 0.05) is 12.5 Å². The zero-order chi connectivity index (χ0) is 19.8. The fourth-order valence-corrected chi connectivity index (χ4v) is 3.67. The maximum Gasteiger partial charge on any atom is 0.243 e. The third-order valence-corrected chi connectivity index (χ3v) is 5.58. The van der Waals surface area contributed by atoms with Crippen LogP contribution >= 0.6 is 0 Å². The molecule has 2 aromatic carbocycles. The Labute approximate surface area is 164 Å². The summed E-state index contributed by atoms with van der Waals surface area (Å²) in [5.41, 5.74) is 5.22. The largest absolute Gasteiger partial charge is 0.352 e. The molecule has 0 saturated heterocycles. The molecule has 0 spiro atoms. The molecule has 1 saturated carbocycles. The summed E-state index contributed by atoms with van der Waals surface area (Å²) in [5, 5.41) is 3.15. The Balaban J connectivity index is 1.81. The summed E-state index contributed by atoms with van der Waals surface area (Å²) in [6.07, 6.45) is 3.37. The minimum Gasteiger partial charge on any atom is -0.352 e. The third-order valence-electron chi connectivity index (χ3n) is 5.58. The second-order valence-electron chi connectivity index (χ2n) is 7.83. The Kier molecular flexibility index (Phi) is 4.92. The highest BCUT2D eigenvalue weighted by molar-refractivity contribution is 5.85. The molecule has 1 atom stereocenters. The monoisotopic (exact) mass is 379 g/mol. The van der Waals surface area contributed by atoms with Gasteiger partial charge < -0.3 is 9.88 Å². The Bertz CT molecular complexity index is 1020. The SMILES string of the molecule is CCC(C(=O)NC1CC1)n1c(Cc2ccc(F)cc2)nc2cc(C)c(C)cc21. The van der Waals surface area contributed by atoms with Crippen molar-refractivity contribution >= 4 is 16.9 Å². The number of benzene rings is 2. The van der Waals surface area contributed by atoms with E-state index in [0.29, 0.717) is 18.9 Å². The lowest BCUT2D eigenvalue weighted by molar-refractivity contribution is -0.124. The van der Waals surface area contributed by atoms with Crippen LogP contribution in [0.25, 0.3) is 11.0 Å². The van der Waals surface area contributed by atoms with Gasteiger partial charge in [-0.25, -0.2) is 9.37 Å². The Morgan fingerprint density at radius 2 is 1.89 bits per heavy atom. The maximum absolute atomic E-state index is 13.3. The van der Waals surface area contributed by atoms with Crippen LogP contribution in [0.1, 0.15) is 54.7 Å². The number of hydrogen-bond acceptors (Lipinski definition) is 2. The number of amides is 1. The van der Waals surface area contributed by atoms with Crippen LogP contribution in [0.15, 0.2) is 36.4 Å². The third kappa shape index (κ3) is 3.66. The summed E-state index contributed by atoms with van der Waals surface area (Å²) in [6, 6.07) is 10.7. The van der Waals surface area contributed by atoms with Crippen molar-refractivity contribution in [2.75, 3.05) is 0 Å². The lowest BCUT2D eigenvalue weighted by Gasteiger charge is -2.20. The van der Waals surface area contributed by atoms with E-state index >= 15 is 0 Å². The van der Waals surface area contributed by atoms with E-state index in [-0.39, 0.29) is 17.8 Å². The van der Waals surface area contributed by atoms with Crippen molar-refractivity contribution in [3.8, 4) is 0 Å². The van der Waals surface area contributed by atoms with E-state index in [9.17, 15) is 9.18 Å². The Morgan fingerprint density at radius 1 is 1.21 bits per heavy atom. The second-order valence-corrected chi connectivity index (χ2v) is 7.83. The molecule has 0 bridgehead atoms. The zero-order valence-corrected chi connectivity index (χ0v) is 16.6. The van der Waals surface area contributed by atoms with Crippen LogP contribution in [0.3, 0.4) is 0 Å². The van der Waals surface area contributed by atoms with Gasteiger partial charge in [0.1, 0.15) is 17.7 Å². The van der Waals surface area contributed by atoms with Crippen molar-refractivity contribution in [3.05, 3.63) is 64.7 Å². The van der Waals surface area contributed by atoms with E-state index in [4.69, 9.17) is 4.98 Å². The van der Waals surface area contributed by atoms with Crippen LogP contribution in [-0.2, 0) is 11.2 Å². The summed E-state index contributed by atoms with van der Waals surface area (Å²) in [7, 11) is 0. The number of nitrogens with zero attached hydrogens (tertiary/aromatic N) is 2. The van der Waals surface area contributed by atoms with Gasteiger partial charge in [-0.15, -0.1) is 0 Å². The molecule has 146 valence electrons. The highest BCUT2D eigenvalue weighted by Crippen LogP contribution is 2.29. The van der Waals surface area contributed by atoms with Crippen LogP contribution in [-0.4, -0.2) is 21.5 Å². The van der Waals surface area contributed by atoms with Gasteiger partial charge >= 0.3 is 0 Å². The van der Waals surface area contributed by atoms with Gasteiger partial charge in [-0.05, 0) is 74.1 Å². The summed E-state index contributed by atoms with van der Waals surface area (Å²) >= 11 is 0. The molecule has 1 aromatic heterocycles.